The van der Waals surface area contributed by atoms with Crippen LogP contribution in [-0.4, -0.2) is 49.3 Å². The van der Waals surface area contributed by atoms with Crippen molar-refractivity contribution in [2.45, 2.75) is 17.6 Å². The standard InChI is InChI=1S/C21H22F3N5O2S/c22-21(23,24)20-13-19(29(27-20)17-5-7-18(8-6-17)32(25,30)31)16-3-1-15(2-4-16)14-28-11-9-26-10-12-28/h1-8,13,26H,9-12,14H2,(H2,25,30,31). The second kappa shape index (κ2) is 8.66. The lowest BCUT2D eigenvalue weighted by Gasteiger charge is -2.27. The summed E-state index contributed by atoms with van der Waals surface area (Å²) in [6.45, 7) is 4.52. The summed E-state index contributed by atoms with van der Waals surface area (Å²) in [6.07, 6.45) is -4.62. The number of alkyl halides is 3. The average molecular weight is 466 g/mol. The maximum atomic E-state index is 13.4. The zero-order valence-electron chi connectivity index (χ0n) is 17.0. The molecule has 1 saturated heterocycles. The van der Waals surface area contributed by atoms with E-state index in [1.54, 1.807) is 12.1 Å². The quantitative estimate of drug-likeness (QED) is 0.604. The van der Waals surface area contributed by atoms with E-state index < -0.39 is 21.9 Å². The van der Waals surface area contributed by atoms with E-state index in [9.17, 15) is 21.6 Å². The topological polar surface area (TPSA) is 93.2 Å². The number of nitrogens with zero attached hydrogens (tertiary/aromatic N) is 3. The number of rotatable bonds is 5. The van der Waals surface area contributed by atoms with Gasteiger partial charge in [-0.3, -0.25) is 4.90 Å². The van der Waals surface area contributed by atoms with Crippen molar-refractivity contribution in [3.05, 3.63) is 65.9 Å². The highest BCUT2D eigenvalue weighted by Crippen LogP contribution is 2.33. The molecule has 0 spiro atoms. The van der Waals surface area contributed by atoms with Gasteiger partial charge in [-0.15, -0.1) is 0 Å². The van der Waals surface area contributed by atoms with E-state index in [1.165, 1.54) is 24.3 Å². The van der Waals surface area contributed by atoms with Gasteiger partial charge >= 0.3 is 6.18 Å². The van der Waals surface area contributed by atoms with Crippen molar-refractivity contribution < 1.29 is 21.6 Å². The number of nitrogens with one attached hydrogen (secondary N) is 1. The Morgan fingerprint density at radius 2 is 1.62 bits per heavy atom. The van der Waals surface area contributed by atoms with E-state index in [-0.39, 0.29) is 16.3 Å². The lowest BCUT2D eigenvalue weighted by Crippen LogP contribution is -2.42. The highest BCUT2D eigenvalue weighted by molar-refractivity contribution is 7.89. The largest absolute Gasteiger partial charge is 0.435 e. The Kier molecular flexibility index (Phi) is 6.08. The molecule has 3 N–H and O–H groups in total. The summed E-state index contributed by atoms with van der Waals surface area (Å²) in [7, 11) is -3.92. The maximum Gasteiger partial charge on any atom is 0.435 e. The predicted molar refractivity (Wildman–Crippen MR) is 114 cm³/mol. The molecule has 0 aliphatic carbocycles. The van der Waals surface area contributed by atoms with Gasteiger partial charge in [-0.25, -0.2) is 18.2 Å². The molecule has 0 unspecified atom stereocenters. The van der Waals surface area contributed by atoms with Crippen molar-refractivity contribution in [1.29, 1.82) is 0 Å². The van der Waals surface area contributed by atoms with Crippen LogP contribution in [0.5, 0.6) is 0 Å². The van der Waals surface area contributed by atoms with Crippen molar-refractivity contribution in [3.8, 4) is 16.9 Å². The van der Waals surface area contributed by atoms with Crippen LogP contribution in [0.15, 0.2) is 59.5 Å². The zero-order chi connectivity index (χ0) is 22.9. The van der Waals surface area contributed by atoms with Gasteiger partial charge in [-0.1, -0.05) is 24.3 Å². The molecule has 0 radical (unpaired) electrons. The second-order valence-electron chi connectivity index (χ2n) is 7.59. The summed E-state index contributed by atoms with van der Waals surface area (Å²) < 4.78 is 64.2. The smallest absolute Gasteiger partial charge is 0.314 e. The first-order valence-electron chi connectivity index (χ1n) is 9.94. The van der Waals surface area contributed by atoms with Gasteiger partial charge in [0.25, 0.3) is 0 Å². The van der Waals surface area contributed by atoms with Gasteiger partial charge in [0.2, 0.25) is 10.0 Å². The third kappa shape index (κ3) is 5.01. The molecule has 1 aromatic heterocycles. The highest BCUT2D eigenvalue weighted by atomic mass is 32.2. The molecule has 3 aromatic rings. The highest BCUT2D eigenvalue weighted by Gasteiger charge is 2.35. The van der Waals surface area contributed by atoms with Gasteiger partial charge in [0.05, 0.1) is 16.3 Å². The predicted octanol–water partition coefficient (Wildman–Crippen LogP) is 2.61. The number of halogens is 3. The number of benzene rings is 2. The molecule has 0 atom stereocenters. The molecule has 0 bridgehead atoms. The van der Waals surface area contributed by atoms with E-state index >= 15 is 0 Å². The van der Waals surface area contributed by atoms with Gasteiger partial charge < -0.3 is 5.32 Å². The average Bonchev–Trinajstić information content (AvgIpc) is 3.21. The second-order valence-corrected chi connectivity index (χ2v) is 9.15. The Hall–Kier alpha value is -2.73. The molecule has 4 rings (SSSR count). The fourth-order valence-corrected chi connectivity index (χ4v) is 4.12. The summed E-state index contributed by atoms with van der Waals surface area (Å²) >= 11 is 0. The molecular weight excluding hydrogens is 443 g/mol. The Morgan fingerprint density at radius 1 is 1.00 bits per heavy atom. The number of nitrogens with two attached hydrogens (primary N) is 1. The summed E-state index contributed by atoms with van der Waals surface area (Å²) in [6, 6.07) is 13.5. The zero-order valence-corrected chi connectivity index (χ0v) is 17.8. The van der Waals surface area contributed by atoms with Crippen molar-refractivity contribution in [3.63, 3.8) is 0 Å². The third-order valence-corrected chi connectivity index (χ3v) is 6.20. The molecular formula is C21H22F3N5O2S. The minimum atomic E-state index is -4.62. The van der Waals surface area contributed by atoms with Crippen LogP contribution in [0.4, 0.5) is 13.2 Å². The molecule has 11 heteroatoms. The van der Waals surface area contributed by atoms with E-state index in [4.69, 9.17) is 5.14 Å². The van der Waals surface area contributed by atoms with Crippen LogP contribution in [0.2, 0.25) is 0 Å². The van der Waals surface area contributed by atoms with Crippen LogP contribution < -0.4 is 10.5 Å². The monoisotopic (exact) mass is 465 g/mol. The van der Waals surface area contributed by atoms with Crippen molar-refractivity contribution in [2.24, 2.45) is 5.14 Å². The van der Waals surface area contributed by atoms with Crippen LogP contribution in [0.3, 0.4) is 0 Å². The van der Waals surface area contributed by atoms with Crippen molar-refractivity contribution >= 4 is 10.0 Å². The first kappa shape index (κ1) is 22.5. The van der Waals surface area contributed by atoms with Gasteiger partial charge in [0.1, 0.15) is 0 Å². The summed E-state index contributed by atoms with van der Waals surface area (Å²) in [4.78, 5) is 2.17. The normalized spacial score (nSPS) is 15.8. The van der Waals surface area contributed by atoms with Gasteiger partial charge in [0, 0.05) is 38.3 Å². The minimum absolute atomic E-state index is 0.136. The van der Waals surface area contributed by atoms with Crippen LogP contribution in [0.25, 0.3) is 16.9 Å². The van der Waals surface area contributed by atoms with Crippen LogP contribution >= 0.6 is 0 Å². The van der Waals surface area contributed by atoms with Crippen LogP contribution in [0.1, 0.15) is 11.3 Å². The van der Waals surface area contributed by atoms with Crippen molar-refractivity contribution in [2.75, 3.05) is 26.2 Å². The molecule has 1 fully saturated rings. The lowest BCUT2D eigenvalue weighted by molar-refractivity contribution is -0.141. The third-order valence-electron chi connectivity index (χ3n) is 5.28. The molecule has 7 nitrogen and oxygen atoms in total. The van der Waals surface area contributed by atoms with Gasteiger partial charge in [0.15, 0.2) is 5.69 Å². The Balaban J connectivity index is 1.67. The number of piperazine rings is 1. The van der Waals surface area contributed by atoms with Gasteiger partial charge in [-0.05, 0) is 35.9 Å². The first-order valence-corrected chi connectivity index (χ1v) is 11.5. The van der Waals surface area contributed by atoms with E-state index in [2.05, 4.69) is 15.3 Å². The van der Waals surface area contributed by atoms with Crippen LogP contribution in [-0.2, 0) is 22.7 Å². The molecule has 32 heavy (non-hydrogen) atoms. The van der Waals surface area contributed by atoms with Crippen molar-refractivity contribution in [1.82, 2.24) is 20.0 Å². The number of hydrogen-bond donors (Lipinski definition) is 2. The maximum absolute atomic E-state index is 13.4. The van der Waals surface area contributed by atoms with E-state index in [1.807, 2.05) is 12.1 Å². The van der Waals surface area contributed by atoms with E-state index in [0.29, 0.717) is 5.56 Å². The number of primary sulfonamides is 1. The Labute approximate surface area is 183 Å². The Morgan fingerprint density at radius 3 is 2.19 bits per heavy atom. The van der Waals surface area contributed by atoms with Crippen LogP contribution in [0, 0.1) is 0 Å². The molecule has 2 heterocycles. The Bertz CT molecular complexity index is 1180. The van der Waals surface area contributed by atoms with E-state index in [0.717, 1.165) is 49.0 Å². The molecule has 2 aromatic carbocycles. The lowest BCUT2D eigenvalue weighted by atomic mass is 10.1. The first-order chi connectivity index (χ1) is 15.1. The molecule has 1 aliphatic rings. The molecule has 170 valence electrons. The fourth-order valence-electron chi connectivity index (χ4n) is 3.61. The molecule has 1 aliphatic heterocycles. The number of sulfonamides is 1. The molecule has 0 amide bonds. The summed E-state index contributed by atoms with van der Waals surface area (Å²) in [5.41, 5.74) is 1.12. The number of hydrogen-bond acceptors (Lipinski definition) is 5. The molecule has 0 saturated carbocycles. The SMILES string of the molecule is NS(=O)(=O)c1ccc(-n2nc(C(F)(F)F)cc2-c2ccc(CN3CCNCC3)cc2)cc1. The summed E-state index contributed by atoms with van der Waals surface area (Å²) in [5, 5.41) is 12.1. The minimum Gasteiger partial charge on any atom is -0.314 e. The number of aromatic nitrogens is 2. The fraction of sp³-hybridized carbons (Fsp3) is 0.286. The summed E-state index contributed by atoms with van der Waals surface area (Å²) in [5.74, 6) is 0. The van der Waals surface area contributed by atoms with Gasteiger partial charge in [-0.2, -0.15) is 18.3 Å².